The third-order valence-electron chi connectivity index (χ3n) is 7.54. The van der Waals surface area contributed by atoms with E-state index in [0.717, 1.165) is 37.7 Å². The van der Waals surface area contributed by atoms with Crippen LogP contribution < -0.4 is 5.32 Å². The fourth-order valence-electron chi connectivity index (χ4n) is 6.09. The third kappa shape index (κ3) is 3.62. The lowest BCUT2D eigenvalue weighted by atomic mass is 9.55. The molecule has 0 heterocycles. The molecule has 1 amide bonds. The summed E-state index contributed by atoms with van der Waals surface area (Å²) in [6, 6.07) is 5.40. The van der Waals surface area contributed by atoms with E-state index in [0.29, 0.717) is 17.8 Å². The van der Waals surface area contributed by atoms with Crippen LogP contribution in [0.2, 0.25) is 0 Å². The number of aromatic hydroxyl groups is 1. The summed E-state index contributed by atoms with van der Waals surface area (Å²) < 4.78 is 5.94. The van der Waals surface area contributed by atoms with Gasteiger partial charge in [-0.2, -0.15) is 0 Å². The van der Waals surface area contributed by atoms with E-state index in [-0.39, 0.29) is 30.0 Å². The predicted octanol–water partition coefficient (Wildman–Crippen LogP) is 2.33. The molecular weight excluding hydrogens is 374 g/mol. The van der Waals surface area contributed by atoms with Crippen LogP contribution in [0.4, 0.5) is 0 Å². The number of amides is 1. The third-order valence-corrected chi connectivity index (χ3v) is 7.54. The Morgan fingerprint density at radius 1 is 1.24 bits per heavy atom. The van der Waals surface area contributed by atoms with Crippen molar-refractivity contribution in [3.8, 4) is 5.75 Å². The Balaban J connectivity index is 1.57. The number of carboxylic acids is 1. The lowest BCUT2D eigenvalue weighted by Gasteiger charge is -2.51. The molecule has 0 aliphatic heterocycles. The number of rotatable bonds is 5. The average molecular weight is 403 g/mol. The Labute approximate surface area is 170 Å². The molecular formula is C22H29NO6. The van der Waals surface area contributed by atoms with Crippen molar-refractivity contribution in [1.82, 2.24) is 5.32 Å². The number of carbonyl (C=O) groups excluding carboxylic acids is 1. The van der Waals surface area contributed by atoms with E-state index in [9.17, 15) is 19.8 Å². The minimum Gasteiger partial charge on any atom is -0.508 e. The number of carboxylic acid groups (broad SMARTS) is 1. The topological polar surface area (TPSA) is 116 Å². The van der Waals surface area contributed by atoms with Crippen molar-refractivity contribution in [2.75, 3.05) is 13.2 Å². The van der Waals surface area contributed by atoms with Gasteiger partial charge in [0.05, 0.1) is 12.2 Å². The van der Waals surface area contributed by atoms with Gasteiger partial charge in [-0.3, -0.25) is 9.59 Å². The summed E-state index contributed by atoms with van der Waals surface area (Å²) in [7, 11) is 0. The molecule has 4 rings (SSSR count). The summed E-state index contributed by atoms with van der Waals surface area (Å²) in [6.45, 7) is 1.54. The number of nitrogens with one attached hydrogen (secondary N) is 1. The molecule has 0 unspecified atom stereocenters. The summed E-state index contributed by atoms with van der Waals surface area (Å²) in [5.74, 6) is -0.269. The molecule has 4 N–H and O–H groups in total. The van der Waals surface area contributed by atoms with Gasteiger partial charge >= 0.3 is 5.97 Å². The molecule has 3 aliphatic rings. The number of phenolic OH excluding ortho intramolecular Hbond substituents is 1. The molecule has 0 spiro atoms. The monoisotopic (exact) mass is 403 g/mol. The molecule has 2 saturated carbocycles. The summed E-state index contributed by atoms with van der Waals surface area (Å²) in [6.07, 6.45) is 3.95. The van der Waals surface area contributed by atoms with E-state index in [1.54, 1.807) is 12.1 Å². The Bertz CT molecular complexity index is 810. The van der Waals surface area contributed by atoms with Crippen LogP contribution in [0.25, 0.3) is 0 Å². The number of ether oxygens (including phenoxy) is 1. The van der Waals surface area contributed by atoms with Crippen LogP contribution in [0.3, 0.4) is 0 Å². The Morgan fingerprint density at radius 2 is 2.03 bits per heavy atom. The highest BCUT2D eigenvalue weighted by Crippen LogP contribution is 2.62. The maximum Gasteiger partial charge on any atom is 0.322 e. The second kappa shape index (κ2) is 7.61. The second-order valence-corrected chi connectivity index (χ2v) is 9.03. The predicted molar refractivity (Wildman–Crippen MR) is 104 cm³/mol. The standard InChI is InChI=1S/C22H29NO6/c1-22-7-6-14-13-3-2-12(24)8-16(13)18(29-11-20(26)23-10-21(27)28)9-15(14)17(22)4-5-19(22)25/h2-3,8,14-15,17-19,24-25H,4-7,9-11H2,1H3,(H,23,26)(H,27,28)/t14-,15-,17+,18-,19+,22+/m1/s1. The molecule has 7 heteroatoms. The van der Waals surface area contributed by atoms with E-state index < -0.39 is 18.4 Å². The van der Waals surface area contributed by atoms with Crippen molar-refractivity contribution >= 4 is 11.9 Å². The molecule has 3 aliphatic carbocycles. The maximum atomic E-state index is 11.9. The highest BCUT2D eigenvalue weighted by atomic mass is 16.5. The Kier molecular flexibility index (Phi) is 5.29. The van der Waals surface area contributed by atoms with Crippen molar-refractivity contribution in [1.29, 1.82) is 0 Å². The van der Waals surface area contributed by atoms with Gasteiger partial charge in [0.15, 0.2) is 0 Å². The first-order valence-corrected chi connectivity index (χ1v) is 10.4. The number of carbonyl (C=O) groups is 2. The number of hydrogen-bond acceptors (Lipinski definition) is 5. The molecule has 29 heavy (non-hydrogen) atoms. The number of benzene rings is 1. The minimum absolute atomic E-state index is 0.0704. The fourth-order valence-corrected chi connectivity index (χ4v) is 6.09. The van der Waals surface area contributed by atoms with Gasteiger partial charge < -0.3 is 25.4 Å². The first kappa shape index (κ1) is 20.2. The van der Waals surface area contributed by atoms with E-state index in [1.165, 1.54) is 5.56 Å². The van der Waals surface area contributed by atoms with Crippen molar-refractivity contribution in [2.45, 2.75) is 57.2 Å². The largest absolute Gasteiger partial charge is 0.508 e. The summed E-state index contributed by atoms with van der Waals surface area (Å²) in [4.78, 5) is 22.6. The van der Waals surface area contributed by atoms with Crippen LogP contribution in [-0.4, -0.2) is 46.5 Å². The van der Waals surface area contributed by atoms with Gasteiger partial charge in [0.2, 0.25) is 5.91 Å². The molecule has 1 aromatic rings. The quantitative estimate of drug-likeness (QED) is 0.600. The highest BCUT2D eigenvalue weighted by Gasteiger charge is 2.55. The zero-order valence-corrected chi connectivity index (χ0v) is 16.6. The van der Waals surface area contributed by atoms with Crippen LogP contribution in [0.5, 0.6) is 5.75 Å². The first-order valence-electron chi connectivity index (χ1n) is 10.4. The van der Waals surface area contributed by atoms with E-state index in [2.05, 4.69) is 12.2 Å². The number of aliphatic hydroxyl groups is 1. The summed E-state index contributed by atoms with van der Waals surface area (Å²) in [5.41, 5.74) is 2.01. The zero-order valence-electron chi connectivity index (χ0n) is 16.6. The lowest BCUT2D eigenvalue weighted by Crippen LogP contribution is -2.45. The molecule has 6 atom stereocenters. The van der Waals surface area contributed by atoms with Crippen molar-refractivity contribution in [2.24, 2.45) is 17.3 Å². The minimum atomic E-state index is -1.10. The maximum absolute atomic E-state index is 11.9. The van der Waals surface area contributed by atoms with Gasteiger partial charge in [-0.25, -0.2) is 0 Å². The van der Waals surface area contributed by atoms with Crippen molar-refractivity contribution in [3.05, 3.63) is 29.3 Å². The molecule has 7 nitrogen and oxygen atoms in total. The van der Waals surface area contributed by atoms with Crippen LogP contribution in [0.15, 0.2) is 18.2 Å². The first-order chi connectivity index (χ1) is 13.8. The molecule has 0 radical (unpaired) electrons. The van der Waals surface area contributed by atoms with Gasteiger partial charge in [-0.1, -0.05) is 13.0 Å². The number of aliphatic carboxylic acids is 1. The smallest absolute Gasteiger partial charge is 0.322 e. The van der Waals surface area contributed by atoms with Gasteiger partial charge in [-0.15, -0.1) is 0 Å². The van der Waals surface area contributed by atoms with Crippen LogP contribution in [0, 0.1) is 17.3 Å². The zero-order chi connectivity index (χ0) is 20.8. The molecule has 0 saturated heterocycles. The summed E-state index contributed by atoms with van der Waals surface area (Å²) in [5, 5.41) is 31.6. The normalized spacial score (nSPS) is 35.3. The summed E-state index contributed by atoms with van der Waals surface area (Å²) >= 11 is 0. The van der Waals surface area contributed by atoms with Crippen LogP contribution in [-0.2, 0) is 14.3 Å². The number of hydrogen-bond donors (Lipinski definition) is 4. The highest BCUT2D eigenvalue weighted by molar-refractivity contribution is 5.81. The van der Waals surface area contributed by atoms with Crippen molar-refractivity contribution < 1.29 is 29.6 Å². The van der Waals surface area contributed by atoms with E-state index in [4.69, 9.17) is 9.84 Å². The number of aliphatic hydroxyl groups excluding tert-OH is 1. The SMILES string of the molecule is C[C@]12CC[C@@H]3c4ccc(O)cc4[C@H](OCC(=O)NCC(=O)O)C[C@H]3[C@@H]1CC[C@@H]2O. The second-order valence-electron chi connectivity index (χ2n) is 9.03. The molecule has 0 bridgehead atoms. The molecule has 2 fully saturated rings. The van der Waals surface area contributed by atoms with E-state index in [1.807, 2.05) is 6.07 Å². The van der Waals surface area contributed by atoms with Crippen LogP contribution >= 0.6 is 0 Å². The van der Waals surface area contributed by atoms with Crippen molar-refractivity contribution in [3.63, 3.8) is 0 Å². The fraction of sp³-hybridized carbons (Fsp3) is 0.636. The van der Waals surface area contributed by atoms with Gasteiger partial charge in [0.1, 0.15) is 18.9 Å². The van der Waals surface area contributed by atoms with Gasteiger partial charge in [-0.05, 0) is 78.5 Å². The average Bonchev–Trinajstić information content (AvgIpc) is 2.99. The number of phenols is 1. The van der Waals surface area contributed by atoms with Crippen LogP contribution in [0.1, 0.15) is 62.2 Å². The molecule has 158 valence electrons. The van der Waals surface area contributed by atoms with Gasteiger partial charge in [0.25, 0.3) is 0 Å². The van der Waals surface area contributed by atoms with E-state index >= 15 is 0 Å². The number of fused-ring (bicyclic) bond motifs is 5. The molecule has 1 aromatic carbocycles. The lowest BCUT2D eigenvalue weighted by molar-refractivity contribution is -0.139. The van der Waals surface area contributed by atoms with Gasteiger partial charge in [0, 0.05) is 0 Å². The Morgan fingerprint density at radius 3 is 2.79 bits per heavy atom. The molecule has 0 aromatic heterocycles. The Hall–Kier alpha value is -2.12.